The van der Waals surface area contributed by atoms with Crippen LogP contribution in [0.15, 0.2) is 18.2 Å². The van der Waals surface area contributed by atoms with Crippen LogP contribution in [0.5, 0.6) is 0 Å². The molecule has 0 aliphatic rings. The van der Waals surface area contributed by atoms with E-state index in [4.69, 9.17) is 0 Å². The van der Waals surface area contributed by atoms with Crippen LogP contribution in [-0.2, 0) is 12.8 Å². The van der Waals surface area contributed by atoms with Gasteiger partial charge in [-0.3, -0.25) is 0 Å². The van der Waals surface area contributed by atoms with E-state index in [0.717, 1.165) is 0 Å². The lowest BCUT2D eigenvalue weighted by Crippen LogP contribution is -2.15. The lowest BCUT2D eigenvalue weighted by Gasteiger charge is -2.23. The zero-order valence-corrected chi connectivity index (χ0v) is 12.2. The molecule has 17 heavy (non-hydrogen) atoms. The van der Waals surface area contributed by atoms with Gasteiger partial charge in [0, 0.05) is 19.8 Å². The molecule has 1 nitrogen and oxygen atoms in total. The molecule has 0 N–H and O–H groups in total. The molecule has 0 spiro atoms. The summed E-state index contributed by atoms with van der Waals surface area (Å²) in [6, 6.07) is 6.76. The van der Waals surface area contributed by atoms with Crippen molar-refractivity contribution in [3.05, 3.63) is 29.3 Å². The van der Waals surface area contributed by atoms with Crippen molar-refractivity contribution in [3.8, 4) is 0 Å². The average molecular weight is 233 g/mol. The molecule has 1 rings (SSSR count). The molecule has 1 heteroatoms. The first-order valence-electron chi connectivity index (χ1n) is 6.70. The third-order valence-electron chi connectivity index (χ3n) is 2.91. The van der Waals surface area contributed by atoms with Gasteiger partial charge in [-0.05, 0) is 35.8 Å². The standard InChI is InChI=1S/C16H27N/c1-12(2)10-14-8-7-9-15(11-13(3)4)16(14)17(5)6/h7-9,12-13H,10-11H2,1-6H3. The molecule has 0 saturated heterocycles. The van der Waals surface area contributed by atoms with Gasteiger partial charge in [-0.2, -0.15) is 0 Å². The van der Waals surface area contributed by atoms with Crippen LogP contribution in [-0.4, -0.2) is 14.1 Å². The highest BCUT2D eigenvalue weighted by Crippen LogP contribution is 2.28. The van der Waals surface area contributed by atoms with Crippen LogP contribution in [0.3, 0.4) is 0 Å². The highest BCUT2D eigenvalue weighted by Gasteiger charge is 2.12. The average Bonchev–Trinajstić information content (AvgIpc) is 2.14. The van der Waals surface area contributed by atoms with Crippen molar-refractivity contribution in [2.45, 2.75) is 40.5 Å². The Morgan fingerprint density at radius 3 is 1.59 bits per heavy atom. The third kappa shape index (κ3) is 4.07. The molecule has 0 heterocycles. The molecular formula is C16H27N. The molecule has 0 aliphatic heterocycles. The highest BCUT2D eigenvalue weighted by atomic mass is 15.1. The van der Waals surface area contributed by atoms with Crippen molar-refractivity contribution in [2.24, 2.45) is 11.8 Å². The zero-order valence-electron chi connectivity index (χ0n) is 12.2. The van der Waals surface area contributed by atoms with Crippen LogP contribution in [0.1, 0.15) is 38.8 Å². The summed E-state index contributed by atoms with van der Waals surface area (Å²) in [7, 11) is 4.31. The molecule has 1 aromatic carbocycles. The summed E-state index contributed by atoms with van der Waals surface area (Å²) in [5, 5.41) is 0. The van der Waals surface area contributed by atoms with Crippen molar-refractivity contribution in [2.75, 3.05) is 19.0 Å². The number of hydrogen-bond acceptors (Lipinski definition) is 1. The molecule has 0 bridgehead atoms. The number of nitrogens with zero attached hydrogens (tertiary/aromatic N) is 1. The summed E-state index contributed by atoms with van der Waals surface area (Å²) in [6.07, 6.45) is 2.33. The molecule has 0 radical (unpaired) electrons. The second kappa shape index (κ2) is 6.09. The molecule has 0 atom stereocenters. The lowest BCUT2D eigenvalue weighted by molar-refractivity contribution is 0.635. The van der Waals surface area contributed by atoms with E-state index in [0.29, 0.717) is 11.8 Å². The molecule has 0 aliphatic carbocycles. The minimum absolute atomic E-state index is 0.711. The third-order valence-corrected chi connectivity index (χ3v) is 2.91. The van der Waals surface area contributed by atoms with E-state index >= 15 is 0 Å². The SMILES string of the molecule is CC(C)Cc1cccc(CC(C)C)c1N(C)C. The van der Waals surface area contributed by atoms with Gasteiger partial charge in [0.1, 0.15) is 0 Å². The number of rotatable bonds is 5. The van der Waals surface area contributed by atoms with Gasteiger partial charge in [0.25, 0.3) is 0 Å². The van der Waals surface area contributed by atoms with Crippen molar-refractivity contribution >= 4 is 5.69 Å². The number of para-hydroxylation sites is 1. The van der Waals surface area contributed by atoms with Gasteiger partial charge in [0.2, 0.25) is 0 Å². The maximum atomic E-state index is 2.29. The maximum Gasteiger partial charge on any atom is 0.0426 e. The van der Waals surface area contributed by atoms with Crippen LogP contribution in [0.25, 0.3) is 0 Å². The fourth-order valence-electron chi connectivity index (χ4n) is 2.43. The predicted octanol–water partition coefficient (Wildman–Crippen LogP) is 4.15. The summed E-state index contributed by atoms with van der Waals surface area (Å²) in [6.45, 7) is 9.15. The Hall–Kier alpha value is -0.980. The highest BCUT2D eigenvalue weighted by molar-refractivity contribution is 5.59. The first kappa shape index (κ1) is 14.1. The Morgan fingerprint density at radius 2 is 1.29 bits per heavy atom. The largest absolute Gasteiger partial charge is 0.377 e. The Balaban J connectivity index is 3.12. The predicted molar refractivity (Wildman–Crippen MR) is 77.9 cm³/mol. The summed E-state index contributed by atoms with van der Waals surface area (Å²) in [5.41, 5.74) is 4.42. The maximum absolute atomic E-state index is 2.29. The van der Waals surface area contributed by atoms with Crippen LogP contribution < -0.4 is 4.90 Å². The van der Waals surface area contributed by atoms with E-state index in [2.05, 4.69) is 64.9 Å². The van der Waals surface area contributed by atoms with Crippen LogP contribution in [0, 0.1) is 11.8 Å². The van der Waals surface area contributed by atoms with Crippen LogP contribution in [0.2, 0.25) is 0 Å². The second-order valence-electron chi connectivity index (χ2n) is 6.02. The fourth-order valence-corrected chi connectivity index (χ4v) is 2.43. The summed E-state index contributed by atoms with van der Waals surface area (Å²) < 4.78 is 0. The van der Waals surface area contributed by atoms with E-state index in [1.165, 1.54) is 29.7 Å². The Kier molecular flexibility index (Phi) is 5.04. The smallest absolute Gasteiger partial charge is 0.0426 e. The molecule has 0 fully saturated rings. The molecular weight excluding hydrogens is 206 g/mol. The normalized spacial score (nSPS) is 11.3. The zero-order chi connectivity index (χ0) is 13.0. The summed E-state index contributed by atoms with van der Waals surface area (Å²) >= 11 is 0. The minimum Gasteiger partial charge on any atom is -0.377 e. The summed E-state index contributed by atoms with van der Waals surface area (Å²) in [4.78, 5) is 2.27. The number of hydrogen-bond donors (Lipinski definition) is 0. The van der Waals surface area contributed by atoms with Crippen molar-refractivity contribution in [3.63, 3.8) is 0 Å². The molecule has 0 amide bonds. The molecule has 0 unspecified atom stereocenters. The molecule has 0 saturated carbocycles. The van der Waals surface area contributed by atoms with E-state index in [-0.39, 0.29) is 0 Å². The Morgan fingerprint density at radius 1 is 0.882 bits per heavy atom. The van der Waals surface area contributed by atoms with E-state index < -0.39 is 0 Å². The monoisotopic (exact) mass is 233 g/mol. The molecule has 1 aromatic rings. The lowest BCUT2D eigenvalue weighted by atomic mass is 9.94. The van der Waals surface area contributed by atoms with Gasteiger partial charge in [-0.15, -0.1) is 0 Å². The van der Waals surface area contributed by atoms with Gasteiger partial charge in [0.15, 0.2) is 0 Å². The first-order chi connectivity index (χ1) is 7.91. The molecule has 0 aromatic heterocycles. The van der Waals surface area contributed by atoms with E-state index in [9.17, 15) is 0 Å². The first-order valence-corrected chi connectivity index (χ1v) is 6.70. The van der Waals surface area contributed by atoms with Gasteiger partial charge < -0.3 is 4.90 Å². The summed E-state index contributed by atoms with van der Waals surface area (Å²) in [5.74, 6) is 1.42. The van der Waals surface area contributed by atoms with Crippen LogP contribution >= 0.6 is 0 Å². The number of anilines is 1. The second-order valence-corrected chi connectivity index (χ2v) is 6.02. The topological polar surface area (TPSA) is 3.24 Å². The van der Waals surface area contributed by atoms with Crippen LogP contribution in [0.4, 0.5) is 5.69 Å². The van der Waals surface area contributed by atoms with E-state index in [1.54, 1.807) is 0 Å². The van der Waals surface area contributed by atoms with Gasteiger partial charge in [-0.1, -0.05) is 45.9 Å². The van der Waals surface area contributed by atoms with Crippen molar-refractivity contribution < 1.29 is 0 Å². The van der Waals surface area contributed by atoms with Crippen molar-refractivity contribution in [1.29, 1.82) is 0 Å². The molecule has 96 valence electrons. The van der Waals surface area contributed by atoms with Crippen molar-refractivity contribution in [1.82, 2.24) is 0 Å². The van der Waals surface area contributed by atoms with E-state index in [1.807, 2.05) is 0 Å². The number of benzene rings is 1. The van der Waals surface area contributed by atoms with Gasteiger partial charge in [-0.25, -0.2) is 0 Å². The Labute approximate surface area is 107 Å². The Bertz CT molecular complexity index is 322. The van der Waals surface area contributed by atoms with Gasteiger partial charge >= 0.3 is 0 Å². The quantitative estimate of drug-likeness (QED) is 0.738. The van der Waals surface area contributed by atoms with Gasteiger partial charge in [0.05, 0.1) is 0 Å². The fraction of sp³-hybridized carbons (Fsp3) is 0.625. The minimum atomic E-state index is 0.711.